The molecule has 0 N–H and O–H groups in total. The summed E-state index contributed by atoms with van der Waals surface area (Å²) in [4.78, 5) is 2.29. The van der Waals surface area contributed by atoms with E-state index in [-0.39, 0.29) is 0 Å². The highest BCUT2D eigenvalue weighted by atomic mass is 16.5. The second-order valence-corrected chi connectivity index (χ2v) is 5.19. The van der Waals surface area contributed by atoms with Gasteiger partial charge in [-0.05, 0) is 30.7 Å². The van der Waals surface area contributed by atoms with Gasteiger partial charge < -0.3 is 9.64 Å². The Balaban J connectivity index is 1.88. The molecule has 110 valence electrons. The molecule has 0 unspecified atom stereocenters. The molecule has 2 heteroatoms. The lowest BCUT2D eigenvalue weighted by Crippen LogP contribution is -2.22. The van der Waals surface area contributed by atoms with Gasteiger partial charge in [0.2, 0.25) is 0 Å². The van der Waals surface area contributed by atoms with Gasteiger partial charge in [0.25, 0.3) is 0 Å². The first kappa shape index (κ1) is 14.2. The highest BCUT2D eigenvalue weighted by molar-refractivity contribution is 5.77. The molecular formula is C20H19NO. The maximum absolute atomic E-state index is 5.99. The van der Waals surface area contributed by atoms with Crippen molar-refractivity contribution >= 4 is 11.4 Å². The summed E-state index contributed by atoms with van der Waals surface area (Å²) in [6, 6.07) is 16.3. The van der Waals surface area contributed by atoms with E-state index in [2.05, 4.69) is 30.2 Å². The Bertz CT molecular complexity index is 684. The number of para-hydroxylation sites is 4. The Labute approximate surface area is 131 Å². The van der Waals surface area contributed by atoms with E-state index in [1.807, 2.05) is 48.6 Å². The SMILES string of the molecule is C=CC=CC(=C)CCN1c2ccccc2Oc2ccccc21. The van der Waals surface area contributed by atoms with Gasteiger partial charge in [0.15, 0.2) is 11.5 Å². The standard InChI is InChI=1S/C20H19NO/c1-3-4-9-16(2)14-15-21-17-10-5-7-12-19(17)22-20-13-8-6-11-18(20)21/h3-13H,1-2,14-15H2. The van der Waals surface area contributed by atoms with Crippen LogP contribution in [-0.2, 0) is 0 Å². The summed E-state index contributed by atoms with van der Waals surface area (Å²) in [6.07, 6.45) is 6.58. The van der Waals surface area contributed by atoms with Crippen molar-refractivity contribution < 1.29 is 4.74 Å². The van der Waals surface area contributed by atoms with Crippen LogP contribution in [0.4, 0.5) is 11.4 Å². The third kappa shape index (κ3) is 2.82. The van der Waals surface area contributed by atoms with Crippen LogP contribution in [0.1, 0.15) is 6.42 Å². The minimum atomic E-state index is 0.859. The molecule has 1 aliphatic heterocycles. The molecule has 0 fully saturated rings. The third-order valence-corrected chi connectivity index (χ3v) is 3.66. The summed E-state index contributed by atoms with van der Waals surface area (Å²) in [5.74, 6) is 1.79. The summed E-state index contributed by atoms with van der Waals surface area (Å²) in [5, 5.41) is 0. The lowest BCUT2D eigenvalue weighted by atomic mass is 10.1. The maximum Gasteiger partial charge on any atom is 0.151 e. The van der Waals surface area contributed by atoms with Crippen LogP contribution in [0.15, 0.2) is 85.5 Å². The molecule has 0 amide bonds. The number of hydrogen-bond donors (Lipinski definition) is 0. The van der Waals surface area contributed by atoms with Gasteiger partial charge in [-0.3, -0.25) is 0 Å². The van der Waals surface area contributed by atoms with Crippen LogP contribution in [0.5, 0.6) is 11.5 Å². The highest BCUT2D eigenvalue weighted by Crippen LogP contribution is 2.46. The second-order valence-electron chi connectivity index (χ2n) is 5.19. The van der Waals surface area contributed by atoms with Crippen LogP contribution in [0.3, 0.4) is 0 Å². The van der Waals surface area contributed by atoms with Crippen LogP contribution < -0.4 is 9.64 Å². The molecule has 2 nitrogen and oxygen atoms in total. The number of nitrogens with zero attached hydrogens (tertiary/aromatic N) is 1. The lowest BCUT2D eigenvalue weighted by molar-refractivity contribution is 0.473. The van der Waals surface area contributed by atoms with Crippen LogP contribution in [0.2, 0.25) is 0 Å². The average molecular weight is 289 g/mol. The molecule has 0 bridgehead atoms. The predicted molar refractivity (Wildman–Crippen MR) is 93.1 cm³/mol. The van der Waals surface area contributed by atoms with E-state index in [1.165, 1.54) is 0 Å². The first-order chi connectivity index (χ1) is 10.8. The largest absolute Gasteiger partial charge is 0.453 e. The van der Waals surface area contributed by atoms with Crippen molar-refractivity contribution in [1.82, 2.24) is 0 Å². The highest BCUT2D eigenvalue weighted by Gasteiger charge is 2.23. The molecule has 22 heavy (non-hydrogen) atoms. The first-order valence-electron chi connectivity index (χ1n) is 7.40. The lowest BCUT2D eigenvalue weighted by Gasteiger charge is -2.32. The normalized spacial score (nSPS) is 12.5. The maximum atomic E-state index is 5.99. The molecule has 0 atom stereocenters. The predicted octanol–water partition coefficient (Wildman–Crippen LogP) is 5.62. The Hall–Kier alpha value is -2.74. The summed E-state index contributed by atoms with van der Waals surface area (Å²) in [6.45, 7) is 8.64. The smallest absolute Gasteiger partial charge is 0.151 e. The molecule has 2 aromatic rings. The van der Waals surface area contributed by atoms with Crippen molar-refractivity contribution in [3.63, 3.8) is 0 Å². The molecule has 0 radical (unpaired) electrons. The molecule has 0 saturated carbocycles. The van der Waals surface area contributed by atoms with E-state index >= 15 is 0 Å². The molecule has 0 spiro atoms. The number of hydrogen-bond acceptors (Lipinski definition) is 2. The van der Waals surface area contributed by atoms with Crippen LogP contribution in [0, 0.1) is 0 Å². The van der Waals surface area contributed by atoms with E-state index in [1.54, 1.807) is 6.08 Å². The number of fused-ring (bicyclic) bond motifs is 2. The van der Waals surface area contributed by atoms with Gasteiger partial charge in [0.1, 0.15) is 0 Å². The molecule has 2 aromatic carbocycles. The van der Waals surface area contributed by atoms with Gasteiger partial charge in [-0.1, -0.05) is 61.2 Å². The van der Waals surface area contributed by atoms with Crippen molar-refractivity contribution in [2.24, 2.45) is 0 Å². The van der Waals surface area contributed by atoms with E-state index < -0.39 is 0 Å². The Morgan fingerprint density at radius 3 is 2.18 bits per heavy atom. The first-order valence-corrected chi connectivity index (χ1v) is 7.40. The monoisotopic (exact) mass is 289 g/mol. The second kappa shape index (κ2) is 6.35. The van der Waals surface area contributed by atoms with Crippen molar-refractivity contribution in [2.45, 2.75) is 6.42 Å². The fourth-order valence-corrected chi connectivity index (χ4v) is 2.56. The zero-order valence-electron chi connectivity index (χ0n) is 12.5. The van der Waals surface area contributed by atoms with E-state index in [9.17, 15) is 0 Å². The zero-order chi connectivity index (χ0) is 15.4. The summed E-state index contributed by atoms with van der Waals surface area (Å²) in [7, 11) is 0. The quantitative estimate of drug-likeness (QED) is 0.662. The van der Waals surface area contributed by atoms with Crippen LogP contribution >= 0.6 is 0 Å². The average Bonchev–Trinajstić information content (AvgIpc) is 2.56. The van der Waals surface area contributed by atoms with E-state index in [0.29, 0.717) is 0 Å². The number of anilines is 2. The van der Waals surface area contributed by atoms with Crippen LogP contribution in [0.25, 0.3) is 0 Å². The fraction of sp³-hybridized carbons (Fsp3) is 0.100. The number of rotatable bonds is 5. The summed E-state index contributed by atoms with van der Waals surface area (Å²) < 4.78 is 5.99. The van der Waals surface area contributed by atoms with Crippen molar-refractivity contribution in [3.8, 4) is 11.5 Å². The Kier molecular flexibility index (Phi) is 4.10. The Morgan fingerprint density at radius 2 is 1.59 bits per heavy atom. The van der Waals surface area contributed by atoms with Gasteiger partial charge >= 0.3 is 0 Å². The number of ether oxygens (including phenoxy) is 1. The molecular weight excluding hydrogens is 270 g/mol. The molecule has 3 rings (SSSR count). The molecule has 1 heterocycles. The summed E-state index contributed by atoms with van der Waals surface area (Å²) >= 11 is 0. The summed E-state index contributed by atoms with van der Waals surface area (Å²) in [5.41, 5.74) is 3.28. The van der Waals surface area contributed by atoms with Crippen molar-refractivity contribution in [1.29, 1.82) is 0 Å². The van der Waals surface area contributed by atoms with Gasteiger partial charge in [-0.15, -0.1) is 0 Å². The molecule has 0 saturated heterocycles. The fourth-order valence-electron chi connectivity index (χ4n) is 2.56. The third-order valence-electron chi connectivity index (χ3n) is 3.66. The topological polar surface area (TPSA) is 12.5 Å². The number of benzene rings is 2. The zero-order valence-corrected chi connectivity index (χ0v) is 12.5. The van der Waals surface area contributed by atoms with Crippen LogP contribution in [-0.4, -0.2) is 6.54 Å². The van der Waals surface area contributed by atoms with Gasteiger partial charge in [0.05, 0.1) is 11.4 Å². The molecule has 0 aliphatic carbocycles. The van der Waals surface area contributed by atoms with Gasteiger partial charge in [-0.25, -0.2) is 0 Å². The minimum Gasteiger partial charge on any atom is -0.453 e. The van der Waals surface area contributed by atoms with Gasteiger partial charge in [0, 0.05) is 6.54 Å². The molecule has 0 aromatic heterocycles. The number of allylic oxidation sites excluding steroid dienone is 3. The Morgan fingerprint density at radius 1 is 1.00 bits per heavy atom. The molecule has 1 aliphatic rings. The van der Waals surface area contributed by atoms with Crippen molar-refractivity contribution in [2.75, 3.05) is 11.4 Å². The van der Waals surface area contributed by atoms with E-state index in [0.717, 1.165) is 41.4 Å². The van der Waals surface area contributed by atoms with Gasteiger partial charge in [-0.2, -0.15) is 0 Å². The van der Waals surface area contributed by atoms with E-state index in [4.69, 9.17) is 4.74 Å². The van der Waals surface area contributed by atoms with Crippen molar-refractivity contribution in [3.05, 3.63) is 85.5 Å². The minimum absolute atomic E-state index is 0.859.